The molecule has 0 heterocycles. The number of carboxylic acids is 1. The molecule has 2 rings (SSSR count). The molecule has 0 spiro atoms. The Morgan fingerprint density at radius 2 is 1.76 bits per heavy atom. The number of hydrogen-bond donors (Lipinski definition) is 2. The van der Waals surface area contributed by atoms with Gasteiger partial charge in [0.1, 0.15) is 6.04 Å². The third-order valence-corrected chi connectivity index (χ3v) is 3.44. The van der Waals surface area contributed by atoms with Gasteiger partial charge in [-0.15, -0.1) is 0 Å². The van der Waals surface area contributed by atoms with Crippen LogP contribution in [0.15, 0.2) is 42.5 Å². The average molecular weight is 285 g/mol. The van der Waals surface area contributed by atoms with Crippen molar-refractivity contribution >= 4 is 22.6 Å². The van der Waals surface area contributed by atoms with E-state index < -0.39 is 12.0 Å². The summed E-state index contributed by atoms with van der Waals surface area (Å²) in [6.45, 7) is 3.48. The number of amides is 1. The summed E-state index contributed by atoms with van der Waals surface area (Å²) in [5.41, 5.74) is 0.921. The third kappa shape index (κ3) is 3.60. The van der Waals surface area contributed by atoms with Crippen LogP contribution in [0, 0.1) is 5.92 Å². The third-order valence-electron chi connectivity index (χ3n) is 3.44. The van der Waals surface area contributed by atoms with E-state index in [4.69, 9.17) is 0 Å². The standard InChI is InChI=1S/C17H19NO3/c1-11(2)16(19)18-15(17(20)21)10-13-8-5-7-12-6-3-4-9-14(12)13/h3-9,11,15H,10H2,1-2H3,(H,18,19)(H,20,21)/t15-/m0/s1. The summed E-state index contributed by atoms with van der Waals surface area (Å²) in [6.07, 6.45) is 0.273. The van der Waals surface area contributed by atoms with Gasteiger partial charge in [0, 0.05) is 12.3 Å². The molecule has 0 bridgehead atoms. The molecule has 2 aromatic carbocycles. The molecule has 1 amide bonds. The first-order chi connectivity index (χ1) is 9.99. The number of fused-ring (bicyclic) bond motifs is 1. The molecule has 4 heteroatoms. The zero-order valence-corrected chi connectivity index (χ0v) is 12.2. The molecule has 0 unspecified atom stereocenters. The molecule has 0 fully saturated rings. The topological polar surface area (TPSA) is 66.4 Å². The van der Waals surface area contributed by atoms with Crippen molar-refractivity contribution in [1.29, 1.82) is 0 Å². The van der Waals surface area contributed by atoms with Crippen molar-refractivity contribution in [3.8, 4) is 0 Å². The van der Waals surface area contributed by atoms with E-state index in [9.17, 15) is 14.7 Å². The number of hydrogen-bond acceptors (Lipinski definition) is 2. The quantitative estimate of drug-likeness (QED) is 0.887. The lowest BCUT2D eigenvalue weighted by atomic mass is 9.98. The summed E-state index contributed by atoms with van der Waals surface area (Å²) in [5, 5.41) is 14.0. The predicted molar refractivity (Wildman–Crippen MR) is 82.1 cm³/mol. The molecule has 0 saturated carbocycles. The molecular formula is C17H19NO3. The molecule has 0 aliphatic heterocycles. The van der Waals surface area contributed by atoms with Gasteiger partial charge in [-0.25, -0.2) is 4.79 Å². The largest absolute Gasteiger partial charge is 0.480 e. The van der Waals surface area contributed by atoms with E-state index in [1.807, 2.05) is 42.5 Å². The Hall–Kier alpha value is -2.36. The van der Waals surface area contributed by atoms with Gasteiger partial charge < -0.3 is 10.4 Å². The van der Waals surface area contributed by atoms with Gasteiger partial charge in [0.15, 0.2) is 0 Å². The molecule has 0 aliphatic rings. The molecule has 0 aromatic heterocycles. The maximum atomic E-state index is 11.7. The van der Waals surface area contributed by atoms with E-state index in [2.05, 4.69) is 5.32 Å². The van der Waals surface area contributed by atoms with Gasteiger partial charge >= 0.3 is 5.97 Å². The minimum absolute atomic E-state index is 0.237. The van der Waals surface area contributed by atoms with Gasteiger partial charge in [-0.2, -0.15) is 0 Å². The highest BCUT2D eigenvalue weighted by Gasteiger charge is 2.22. The lowest BCUT2D eigenvalue weighted by Gasteiger charge is -2.17. The number of rotatable bonds is 5. The minimum Gasteiger partial charge on any atom is -0.480 e. The maximum absolute atomic E-state index is 11.7. The second kappa shape index (κ2) is 6.39. The molecule has 0 radical (unpaired) electrons. The number of nitrogens with one attached hydrogen (secondary N) is 1. The number of carboxylic acid groups (broad SMARTS) is 1. The number of carbonyl (C=O) groups excluding carboxylic acids is 1. The summed E-state index contributed by atoms with van der Waals surface area (Å²) < 4.78 is 0. The Bertz CT molecular complexity index is 659. The summed E-state index contributed by atoms with van der Waals surface area (Å²) in [7, 11) is 0. The van der Waals surface area contributed by atoms with Crippen molar-refractivity contribution in [1.82, 2.24) is 5.32 Å². The van der Waals surface area contributed by atoms with Crippen LogP contribution in [-0.4, -0.2) is 23.0 Å². The zero-order chi connectivity index (χ0) is 15.4. The van der Waals surface area contributed by atoms with Gasteiger partial charge in [-0.05, 0) is 16.3 Å². The van der Waals surface area contributed by atoms with Crippen molar-refractivity contribution < 1.29 is 14.7 Å². The summed E-state index contributed by atoms with van der Waals surface area (Å²) in [5.74, 6) is -1.50. The van der Waals surface area contributed by atoms with Crippen LogP contribution in [0.25, 0.3) is 10.8 Å². The van der Waals surface area contributed by atoms with Crippen LogP contribution in [-0.2, 0) is 16.0 Å². The summed E-state index contributed by atoms with van der Waals surface area (Å²) >= 11 is 0. The molecular weight excluding hydrogens is 266 g/mol. The van der Waals surface area contributed by atoms with Crippen molar-refractivity contribution in [3.63, 3.8) is 0 Å². The molecule has 110 valence electrons. The van der Waals surface area contributed by atoms with Gasteiger partial charge in [0.05, 0.1) is 0 Å². The van der Waals surface area contributed by atoms with Crippen LogP contribution in [0.3, 0.4) is 0 Å². The van der Waals surface area contributed by atoms with E-state index in [1.54, 1.807) is 13.8 Å². The first-order valence-electron chi connectivity index (χ1n) is 6.99. The van der Waals surface area contributed by atoms with Gasteiger partial charge in [-0.3, -0.25) is 4.79 Å². The lowest BCUT2D eigenvalue weighted by Crippen LogP contribution is -2.44. The maximum Gasteiger partial charge on any atom is 0.326 e. The van der Waals surface area contributed by atoms with E-state index in [-0.39, 0.29) is 18.2 Å². The Balaban J connectivity index is 2.27. The monoisotopic (exact) mass is 285 g/mol. The minimum atomic E-state index is -1.02. The summed E-state index contributed by atoms with van der Waals surface area (Å²) in [6, 6.07) is 12.7. The lowest BCUT2D eigenvalue weighted by molar-refractivity contribution is -0.142. The zero-order valence-electron chi connectivity index (χ0n) is 12.2. The first-order valence-corrected chi connectivity index (χ1v) is 6.99. The highest BCUT2D eigenvalue weighted by Crippen LogP contribution is 2.20. The SMILES string of the molecule is CC(C)C(=O)N[C@@H](Cc1cccc2ccccc12)C(=O)O. The number of benzene rings is 2. The first kappa shape index (κ1) is 15.0. The smallest absolute Gasteiger partial charge is 0.326 e. The van der Waals surface area contributed by atoms with Crippen LogP contribution in [0.4, 0.5) is 0 Å². The fourth-order valence-electron chi connectivity index (χ4n) is 2.23. The second-order valence-corrected chi connectivity index (χ2v) is 5.40. The highest BCUT2D eigenvalue weighted by atomic mass is 16.4. The molecule has 2 aromatic rings. The van der Waals surface area contributed by atoms with Crippen LogP contribution in [0.2, 0.25) is 0 Å². The molecule has 0 saturated heterocycles. The normalized spacial score (nSPS) is 12.3. The van der Waals surface area contributed by atoms with Crippen LogP contribution >= 0.6 is 0 Å². The number of aliphatic carboxylic acids is 1. The second-order valence-electron chi connectivity index (χ2n) is 5.40. The van der Waals surface area contributed by atoms with Gasteiger partial charge in [0.25, 0.3) is 0 Å². The van der Waals surface area contributed by atoms with Crippen molar-refractivity contribution in [3.05, 3.63) is 48.0 Å². The predicted octanol–water partition coefficient (Wildman–Crippen LogP) is 2.61. The van der Waals surface area contributed by atoms with Crippen molar-refractivity contribution in [2.45, 2.75) is 26.3 Å². The Morgan fingerprint density at radius 1 is 1.10 bits per heavy atom. The molecule has 4 nitrogen and oxygen atoms in total. The Labute approximate surface area is 123 Å². The van der Waals surface area contributed by atoms with E-state index in [0.717, 1.165) is 16.3 Å². The fraction of sp³-hybridized carbons (Fsp3) is 0.294. The van der Waals surface area contributed by atoms with Crippen LogP contribution in [0.1, 0.15) is 19.4 Å². The van der Waals surface area contributed by atoms with Gasteiger partial charge in [-0.1, -0.05) is 56.3 Å². The molecule has 1 atom stereocenters. The van der Waals surface area contributed by atoms with Gasteiger partial charge in [0.2, 0.25) is 5.91 Å². The Kier molecular flexibility index (Phi) is 4.58. The summed E-state index contributed by atoms with van der Waals surface area (Å²) in [4.78, 5) is 23.1. The fourth-order valence-corrected chi connectivity index (χ4v) is 2.23. The van der Waals surface area contributed by atoms with E-state index >= 15 is 0 Å². The van der Waals surface area contributed by atoms with Crippen LogP contribution in [0.5, 0.6) is 0 Å². The van der Waals surface area contributed by atoms with E-state index in [0.29, 0.717) is 0 Å². The highest BCUT2D eigenvalue weighted by molar-refractivity contribution is 5.88. The Morgan fingerprint density at radius 3 is 2.43 bits per heavy atom. The molecule has 21 heavy (non-hydrogen) atoms. The van der Waals surface area contributed by atoms with Crippen molar-refractivity contribution in [2.75, 3.05) is 0 Å². The van der Waals surface area contributed by atoms with Crippen LogP contribution < -0.4 is 5.32 Å². The average Bonchev–Trinajstić information content (AvgIpc) is 2.46. The van der Waals surface area contributed by atoms with E-state index in [1.165, 1.54) is 0 Å². The number of carbonyl (C=O) groups is 2. The molecule has 0 aliphatic carbocycles. The van der Waals surface area contributed by atoms with Crippen molar-refractivity contribution in [2.24, 2.45) is 5.92 Å². The molecule has 2 N–H and O–H groups in total.